The summed E-state index contributed by atoms with van der Waals surface area (Å²) in [5.74, 6) is 0.235. The summed E-state index contributed by atoms with van der Waals surface area (Å²) in [6, 6.07) is 11.7. The summed E-state index contributed by atoms with van der Waals surface area (Å²) in [5.41, 5.74) is 1.09. The molecule has 0 saturated heterocycles. The van der Waals surface area contributed by atoms with Crippen molar-refractivity contribution in [2.75, 3.05) is 0 Å². The molecule has 0 unspecified atom stereocenters. The van der Waals surface area contributed by atoms with E-state index < -0.39 is 0 Å². The zero-order chi connectivity index (χ0) is 18.7. The molecule has 0 saturated carbocycles. The highest BCUT2D eigenvalue weighted by atomic mass is 16.2. The molecule has 0 atom stereocenters. The van der Waals surface area contributed by atoms with Crippen LogP contribution in [0.5, 0.6) is 0 Å². The zero-order valence-corrected chi connectivity index (χ0v) is 16.2. The first-order valence-electron chi connectivity index (χ1n) is 9.11. The highest BCUT2D eigenvalue weighted by Gasteiger charge is 2.27. The van der Waals surface area contributed by atoms with Crippen LogP contribution in [0.4, 0.5) is 0 Å². The molecular formula is C22H29NO2. The first kappa shape index (κ1) is 19.2. The van der Waals surface area contributed by atoms with Crippen LogP contribution in [0.15, 0.2) is 36.4 Å². The van der Waals surface area contributed by atoms with E-state index in [0.717, 1.165) is 10.8 Å². The summed E-state index contributed by atoms with van der Waals surface area (Å²) in [7, 11) is 0. The fourth-order valence-corrected chi connectivity index (χ4v) is 3.41. The molecule has 0 aliphatic carbocycles. The van der Waals surface area contributed by atoms with Crippen LogP contribution in [0.1, 0.15) is 68.7 Å². The van der Waals surface area contributed by atoms with Crippen LogP contribution in [-0.2, 0) is 0 Å². The van der Waals surface area contributed by atoms with E-state index in [0.29, 0.717) is 17.5 Å². The number of hydrogen-bond donors (Lipinski definition) is 0. The Morgan fingerprint density at radius 1 is 0.880 bits per heavy atom. The molecule has 0 aromatic heterocycles. The smallest absolute Gasteiger partial charge is 0.255 e. The largest absolute Gasteiger partial charge is 0.334 e. The lowest BCUT2D eigenvalue weighted by Crippen LogP contribution is -2.42. The first-order valence-corrected chi connectivity index (χ1v) is 9.11. The fourth-order valence-electron chi connectivity index (χ4n) is 3.41. The lowest BCUT2D eigenvalue weighted by molar-refractivity contribution is 0.0641. The Labute approximate surface area is 151 Å². The van der Waals surface area contributed by atoms with Gasteiger partial charge in [0.05, 0.1) is 5.56 Å². The van der Waals surface area contributed by atoms with E-state index >= 15 is 0 Å². The Morgan fingerprint density at radius 2 is 1.48 bits per heavy atom. The average Bonchev–Trinajstić information content (AvgIpc) is 2.52. The molecule has 2 aromatic carbocycles. The number of carbonyl (C=O) groups is 2. The quantitative estimate of drug-likeness (QED) is 0.667. The van der Waals surface area contributed by atoms with Crippen molar-refractivity contribution in [3.8, 4) is 0 Å². The van der Waals surface area contributed by atoms with Gasteiger partial charge in [-0.25, -0.2) is 0 Å². The van der Waals surface area contributed by atoms with Crippen molar-refractivity contribution in [3.05, 3.63) is 47.5 Å². The maximum atomic E-state index is 13.4. The maximum Gasteiger partial charge on any atom is 0.255 e. The van der Waals surface area contributed by atoms with Gasteiger partial charge in [0.15, 0.2) is 5.78 Å². The van der Waals surface area contributed by atoms with Gasteiger partial charge >= 0.3 is 0 Å². The average molecular weight is 339 g/mol. The Kier molecular flexibility index (Phi) is 5.99. The molecule has 0 spiro atoms. The number of rotatable bonds is 6. The maximum absolute atomic E-state index is 13.4. The summed E-state index contributed by atoms with van der Waals surface area (Å²) in [6.45, 7) is 12.1. The molecule has 134 valence electrons. The van der Waals surface area contributed by atoms with Gasteiger partial charge in [-0.1, -0.05) is 44.2 Å². The van der Waals surface area contributed by atoms with Gasteiger partial charge in [0.1, 0.15) is 0 Å². The third kappa shape index (κ3) is 4.09. The van der Waals surface area contributed by atoms with Gasteiger partial charge in [0.25, 0.3) is 5.91 Å². The number of carbonyl (C=O) groups excluding carboxylic acids is 2. The highest BCUT2D eigenvalue weighted by molar-refractivity contribution is 6.16. The van der Waals surface area contributed by atoms with Gasteiger partial charge in [0.2, 0.25) is 0 Å². The molecule has 1 amide bonds. The summed E-state index contributed by atoms with van der Waals surface area (Å²) >= 11 is 0. The van der Waals surface area contributed by atoms with Gasteiger partial charge in [0, 0.05) is 24.1 Å². The summed E-state index contributed by atoms with van der Waals surface area (Å²) in [6.07, 6.45) is 0.446. The summed E-state index contributed by atoms with van der Waals surface area (Å²) < 4.78 is 0. The van der Waals surface area contributed by atoms with Crippen molar-refractivity contribution >= 4 is 22.5 Å². The van der Waals surface area contributed by atoms with Gasteiger partial charge in [-0.05, 0) is 50.5 Å². The molecule has 2 aromatic rings. The second-order valence-electron chi connectivity index (χ2n) is 7.63. The van der Waals surface area contributed by atoms with E-state index in [1.54, 1.807) is 0 Å². The topological polar surface area (TPSA) is 37.4 Å². The van der Waals surface area contributed by atoms with E-state index in [1.165, 1.54) is 0 Å². The highest BCUT2D eigenvalue weighted by Crippen LogP contribution is 2.27. The molecule has 0 bridgehead atoms. The van der Waals surface area contributed by atoms with E-state index in [1.807, 2.05) is 82.8 Å². The molecule has 0 radical (unpaired) electrons. The first-order chi connectivity index (χ1) is 11.7. The van der Waals surface area contributed by atoms with Gasteiger partial charge < -0.3 is 4.90 Å². The number of benzene rings is 2. The monoisotopic (exact) mass is 339 g/mol. The lowest BCUT2D eigenvalue weighted by Gasteiger charge is -2.32. The Bertz CT molecular complexity index is 767. The number of ketones is 1. The molecule has 3 heteroatoms. The lowest BCUT2D eigenvalue weighted by atomic mass is 9.91. The van der Waals surface area contributed by atoms with Crippen molar-refractivity contribution in [1.29, 1.82) is 0 Å². The van der Waals surface area contributed by atoms with Crippen LogP contribution >= 0.6 is 0 Å². The van der Waals surface area contributed by atoms with Crippen LogP contribution in [0.25, 0.3) is 10.8 Å². The number of fused-ring (bicyclic) bond motifs is 1. The molecular weight excluding hydrogens is 310 g/mol. The SMILES string of the molecule is CC(C)CC(=O)c1ccc2ccccc2c1C(=O)N(C(C)C)C(C)C. The number of Topliss-reactive ketones (excluding diaryl/α,β-unsaturated/α-hetero) is 1. The van der Waals surface area contributed by atoms with Gasteiger partial charge in [-0.15, -0.1) is 0 Å². The third-order valence-corrected chi connectivity index (χ3v) is 4.38. The molecule has 0 aliphatic rings. The standard InChI is InChI=1S/C22H29NO2/c1-14(2)13-20(24)19-12-11-17-9-7-8-10-18(17)21(19)22(25)23(15(3)4)16(5)6/h7-12,14-16H,13H2,1-6H3. The molecule has 0 aliphatic heterocycles. The molecule has 25 heavy (non-hydrogen) atoms. The second kappa shape index (κ2) is 7.81. The van der Waals surface area contributed by atoms with Crippen LogP contribution < -0.4 is 0 Å². The molecule has 2 rings (SSSR count). The van der Waals surface area contributed by atoms with E-state index in [4.69, 9.17) is 0 Å². The van der Waals surface area contributed by atoms with Crippen LogP contribution in [0.2, 0.25) is 0 Å². The third-order valence-electron chi connectivity index (χ3n) is 4.38. The van der Waals surface area contributed by atoms with Gasteiger partial charge in [-0.2, -0.15) is 0 Å². The number of amides is 1. The Hall–Kier alpha value is -2.16. The van der Waals surface area contributed by atoms with Crippen molar-refractivity contribution in [2.45, 2.75) is 60.0 Å². The van der Waals surface area contributed by atoms with E-state index in [9.17, 15) is 9.59 Å². The summed E-state index contributed by atoms with van der Waals surface area (Å²) in [5, 5.41) is 1.84. The van der Waals surface area contributed by atoms with Crippen molar-refractivity contribution in [1.82, 2.24) is 4.90 Å². The van der Waals surface area contributed by atoms with Crippen molar-refractivity contribution in [3.63, 3.8) is 0 Å². The molecule has 3 nitrogen and oxygen atoms in total. The zero-order valence-electron chi connectivity index (χ0n) is 16.2. The second-order valence-corrected chi connectivity index (χ2v) is 7.63. The fraction of sp³-hybridized carbons (Fsp3) is 0.455. The minimum atomic E-state index is -0.0612. The number of hydrogen-bond acceptors (Lipinski definition) is 2. The van der Waals surface area contributed by atoms with E-state index in [-0.39, 0.29) is 29.7 Å². The summed E-state index contributed by atoms with van der Waals surface area (Å²) in [4.78, 5) is 28.1. The minimum absolute atomic E-state index is 0.0385. The van der Waals surface area contributed by atoms with Crippen LogP contribution in [0.3, 0.4) is 0 Å². The molecule has 0 heterocycles. The van der Waals surface area contributed by atoms with E-state index in [2.05, 4.69) is 0 Å². The van der Waals surface area contributed by atoms with Crippen molar-refractivity contribution < 1.29 is 9.59 Å². The Morgan fingerprint density at radius 3 is 2.04 bits per heavy atom. The normalized spacial score (nSPS) is 11.6. The van der Waals surface area contributed by atoms with Gasteiger partial charge in [-0.3, -0.25) is 9.59 Å². The van der Waals surface area contributed by atoms with Crippen molar-refractivity contribution in [2.24, 2.45) is 5.92 Å². The molecule has 0 N–H and O–H groups in total. The predicted octanol–water partition coefficient (Wildman–Crippen LogP) is 5.33. The predicted molar refractivity (Wildman–Crippen MR) is 104 cm³/mol. The Balaban J connectivity index is 2.69. The van der Waals surface area contributed by atoms with Crippen LogP contribution in [0, 0.1) is 5.92 Å². The minimum Gasteiger partial charge on any atom is -0.334 e. The molecule has 0 fully saturated rings. The number of nitrogens with zero attached hydrogens (tertiary/aromatic N) is 1. The van der Waals surface area contributed by atoms with Crippen LogP contribution in [-0.4, -0.2) is 28.7 Å².